The van der Waals surface area contributed by atoms with Crippen LogP contribution in [0.15, 0.2) is 41.0 Å². The van der Waals surface area contributed by atoms with Crippen LogP contribution in [0.5, 0.6) is 0 Å². The average molecular weight is 390 g/mol. The number of aryl methyl sites for hydroxylation is 1. The lowest BCUT2D eigenvalue weighted by atomic mass is 10.0. The standard InChI is InChI=1S/C19H24BrN3O/c1-14-10-19(22-12-18(14)20)21-11-15-4-2-3-5-16(15)13-23-8-6-17(24)7-9-23/h2-5,10,12,17,24H,6-9,11,13H2,1H3,(H,21,22). The summed E-state index contributed by atoms with van der Waals surface area (Å²) in [7, 11) is 0. The summed E-state index contributed by atoms with van der Waals surface area (Å²) in [6.07, 6.45) is 3.47. The normalized spacial score (nSPS) is 16.3. The molecule has 1 aromatic carbocycles. The van der Waals surface area contributed by atoms with Gasteiger partial charge in [0.05, 0.1) is 6.10 Å². The summed E-state index contributed by atoms with van der Waals surface area (Å²) in [4.78, 5) is 6.84. The summed E-state index contributed by atoms with van der Waals surface area (Å²) in [6, 6.07) is 10.6. The molecule has 2 N–H and O–H groups in total. The van der Waals surface area contributed by atoms with Crippen LogP contribution in [0.3, 0.4) is 0 Å². The summed E-state index contributed by atoms with van der Waals surface area (Å²) < 4.78 is 1.03. The molecule has 0 unspecified atom stereocenters. The van der Waals surface area contributed by atoms with Crippen LogP contribution in [0.2, 0.25) is 0 Å². The van der Waals surface area contributed by atoms with Crippen LogP contribution < -0.4 is 5.32 Å². The molecule has 0 radical (unpaired) electrons. The van der Waals surface area contributed by atoms with E-state index in [-0.39, 0.29) is 6.10 Å². The Kier molecular flexibility index (Phi) is 5.87. The second-order valence-corrected chi connectivity index (χ2v) is 7.30. The summed E-state index contributed by atoms with van der Waals surface area (Å²) in [5, 5.41) is 13.1. The molecule has 2 heterocycles. The maximum Gasteiger partial charge on any atom is 0.126 e. The number of halogens is 1. The third-order valence-electron chi connectivity index (χ3n) is 4.58. The van der Waals surface area contributed by atoms with Gasteiger partial charge in [-0.05, 0) is 58.5 Å². The van der Waals surface area contributed by atoms with Crippen molar-refractivity contribution in [3.05, 3.63) is 57.7 Å². The van der Waals surface area contributed by atoms with Gasteiger partial charge in [0.15, 0.2) is 0 Å². The van der Waals surface area contributed by atoms with Crippen LogP contribution in [-0.4, -0.2) is 34.2 Å². The molecule has 0 bridgehead atoms. The van der Waals surface area contributed by atoms with Gasteiger partial charge < -0.3 is 10.4 Å². The molecule has 5 heteroatoms. The minimum Gasteiger partial charge on any atom is -0.393 e. The van der Waals surface area contributed by atoms with Gasteiger partial charge >= 0.3 is 0 Å². The Labute approximate surface area is 152 Å². The van der Waals surface area contributed by atoms with Gasteiger partial charge in [-0.25, -0.2) is 4.98 Å². The van der Waals surface area contributed by atoms with Crippen LogP contribution in [0.25, 0.3) is 0 Å². The molecule has 0 saturated carbocycles. The number of likely N-dealkylation sites (tertiary alicyclic amines) is 1. The largest absolute Gasteiger partial charge is 0.393 e. The van der Waals surface area contributed by atoms with Gasteiger partial charge in [0.1, 0.15) is 5.82 Å². The maximum absolute atomic E-state index is 9.65. The molecule has 1 saturated heterocycles. The predicted octanol–water partition coefficient (Wildman–Crippen LogP) is 3.72. The SMILES string of the molecule is Cc1cc(NCc2ccccc2CN2CCC(O)CC2)ncc1Br. The Morgan fingerprint density at radius 3 is 2.67 bits per heavy atom. The maximum atomic E-state index is 9.65. The number of anilines is 1. The van der Waals surface area contributed by atoms with Crippen molar-refractivity contribution in [3.63, 3.8) is 0 Å². The number of hydrogen-bond acceptors (Lipinski definition) is 4. The molecule has 0 spiro atoms. The number of nitrogens with one attached hydrogen (secondary N) is 1. The number of aromatic nitrogens is 1. The lowest BCUT2D eigenvalue weighted by Gasteiger charge is -2.30. The number of pyridine rings is 1. The number of benzene rings is 1. The Balaban J connectivity index is 1.64. The van der Waals surface area contributed by atoms with Gasteiger partial charge in [-0.2, -0.15) is 0 Å². The number of hydrogen-bond donors (Lipinski definition) is 2. The van der Waals surface area contributed by atoms with E-state index in [9.17, 15) is 5.11 Å². The first kappa shape index (κ1) is 17.4. The first-order valence-electron chi connectivity index (χ1n) is 8.45. The van der Waals surface area contributed by atoms with Gasteiger partial charge in [-0.1, -0.05) is 24.3 Å². The van der Waals surface area contributed by atoms with Crippen molar-refractivity contribution in [2.75, 3.05) is 18.4 Å². The third-order valence-corrected chi connectivity index (χ3v) is 5.41. The van der Waals surface area contributed by atoms with Crippen molar-refractivity contribution >= 4 is 21.7 Å². The molecule has 0 aliphatic carbocycles. The fraction of sp³-hybridized carbons (Fsp3) is 0.421. The molecule has 1 aliphatic heterocycles. The monoisotopic (exact) mass is 389 g/mol. The smallest absolute Gasteiger partial charge is 0.126 e. The van der Waals surface area contributed by atoms with E-state index in [0.29, 0.717) is 0 Å². The van der Waals surface area contributed by atoms with E-state index in [1.165, 1.54) is 16.7 Å². The number of nitrogens with zero attached hydrogens (tertiary/aromatic N) is 2. The number of aliphatic hydroxyl groups excluding tert-OH is 1. The van der Waals surface area contributed by atoms with Gasteiger partial charge in [0.2, 0.25) is 0 Å². The molecule has 24 heavy (non-hydrogen) atoms. The number of aliphatic hydroxyl groups is 1. The van der Waals surface area contributed by atoms with Crippen molar-refractivity contribution in [2.45, 2.75) is 39.0 Å². The van der Waals surface area contributed by atoms with Crippen molar-refractivity contribution in [1.29, 1.82) is 0 Å². The molecule has 3 rings (SSSR count). The molecule has 2 aromatic rings. The third kappa shape index (κ3) is 4.56. The zero-order valence-electron chi connectivity index (χ0n) is 14.0. The highest BCUT2D eigenvalue weighted by Gasteiger charge is 2.17. The van der Waals surface area contributed by atoms with Crippen molar-refractivity contribution in [3.8, 4) is 0 Å². The van der Waals surface area contributed by atoms with E-state index in [1.54, 1.807) is 0 Å². The van der Waals surface area contributed by atoms with Crippen LogP contribution in [0.1, 0.15) is 29.5 Å². The highest BCUT2D eigenvalue weighted by molar-refractivity contribution is 9.10. The van der Waals surface area contributed by atoms with Crippen LogP contribution in [0.4, 0.5) is 5.82 Å². The molecular weight excluding hydrogens is 366 g/mol. The van der Waals surface area contributed by atoms with E-state index in [1.807, 2.05) is 6.20 Å². The van der Waals surface area contributed by atoms with Crippen LogP contribution in [0, 0.1) is 6.92 Å². The highest BCUT2D eigenvalue weighted by atomic mass is 79.9. The molecule has 0 atom stereocenters. The first-order chi connectivity index (χ1) is 11.6. The molecule has 1 aliphatic rings. The lowest BCUT2D eigenvalue weighted by molar-refractivity contribution is 0.0791. The summed E-state index contributed by atoms with van der Waals surface area (Å²) in [5.41, 5.74) is 3.81. The summed E-state index contributed by atoms with van der Waals surface area (Å²) in [6.45, 7) is 5.71. The van der Waals surface area contributed by atoms with E-state index in [0.717, 1.165) is 49.3 Å². The van der Waals surface area contributed by atoms with Gasteiger partial charge in [-0.15, -0.1) is 0 Å². The van der Waals surface area contributed by atoms with E-state index >= 15 is 0 Å². The fourth-order valence-electron chi connectivity index (χ4n) is 3.02. The molecular formula is C19H24BrN3O. The number of piperidine rings is 1. The fourth-order valence-corrected chi connectivity index (χ4v) is 3.24. The molecule has 0 amide bonds. The summed E-state index contributed by atoms with van der Waals surface area (Å²) in [5.74, 6) is 0.895. The second-order valence-electron chi connectivity index (χ2n) is 6.45. The van der Waals surface area contributed by atoms with Gasteiger partial charge in [0.25, 0.3) is 0 Å². The Morgan fingerprint density at radius 1 is 1.25 bits per heavy atom. The highest BCUT2D eigenvalue weighted by Crippen LogP contribution is 2.20. The Morgan fingerprint density at radius 2 is 1.96 bits per heavy atom. The average Bonchev–Trinajstić information content (AvgIpc) is 2.59. The summed E-state index contributed by atoms with van der Waals surface area (Å²) >= 11 is 3.48. The lowest BCUT2D eigenvalue weighted by Crippen LogP contribution is -2.35. The van der Waals surface area contributed by atoms with Crippen molar-refractivity contribution in [1.82, 2.24) is 9.88 Å². The first-order valence-corrected chi connectivity index (χ1v) is 9.24. The van der Waals surface area contributed by atoms with E-state index in [2.05, 4.69) is 68.4 Å². The Bertz CT molecular complexity index is 684. The van der Waals surface area contributed by atoms with Gasteiger partial charge in [-0.3, -0.25) is 4.90 Å². The minimum absolute atomic E-state index is 0.120. The van der Waals surface area contributed by atoms with Crippen LogP contribution in [-0.2, 0) is 13.1 Å². The molecule has 4 nitrogen and oxygen atoms in total. The molecule has 1 fully saturated rings. The van der Waals surface area contributed by atoms with Crippen molar-refractivity contribution in [2.24, 2.45) is 0 Å². The molecule has 128 valence electrons. The van der Waals surface area contributed by atoms with Gasteiger partial charge in [0, 0.05) is 36.8 Å². The number of rotatable bonds is 5. The Hall–Kier alpha value is -1.43. The van der Waals surface area contributed by atoms with E-state index < -0.39 is 0 Å². The van der Waals surface area contributed by atoms with Crippen LogP contribution >= 0.6 is 15.9 Å². The predicted molar refractivity (Wildman–Crippen MR) is 101 cm³/mol. The molecule has 1 aromatic heterocycles. The van der Waals surface area contributed by atoms with E-state index in [4.69, 9.17) is 0 Å². The zero-order chi connectivity index (χ0) is 16.9. The topological polar surface area (TPSA) is 48.4 Å². The second kappa shape index (κ2) is 8.10. The van der Waals surface area contributed by atoms with Crippen molar-refractivity contribution < 1.29 is 5.11 Å². The quantitative estimate of drug-likeness (QED) is 0.817. The zero-order valence-corrected chi connectivity index (χ0v) is 15.6. The minimum atomic E-state index is -0.120.